The highest BCUT2D eigenvalue weighted by molar-refractivity contribution is 5.83. The lowest BCUT2D eigenvalue weighted by Gasteiger charge is -2.32. The third kappa shape index (κ3) is 4.34. The topological polar surface area (TPSA) is 61.4 Å². The van der Waals surface area contributed by atoms with Gasteiger partial charge in [-0.15, -0.1) is 0 Å². The van der Waals surface area contributed by atoms with E-state index < -0.39 is 0 Å². The van der Waals surface area contributed by atoms with Gasteiger partial charge in [0, 0.05) is 26.1 Å². The average Bonchev–Trinajstić information content (AvgIpc) is 2.31. The molecule has 0 aromatic carbocycles. The summed E-state index contributed by atoms with van der Waals surface area (Å²) in [6.45, 7) is 6.66. The van der Waals surface area contributed by atoms with E-state index in [0.29, 0.717) is 19.5 Å². The van der Waals surface area contributed by atoms with Crippen molar-refractivity contribution in [3.63, 3.8) is 0 Å². The highest BCUT2D eigenvalue weighted by atomic mass is 16.2. The molecule has 0 spiro atoms. The molecular formula is C12H23N3O2. The van der Waals surface area contributed by atoms with Crippen molar-refractivity contribution in [1.82, 2.24) is 15.5 Å². The average molecular weight is 241 g/mol. The van der Waals surface area contributed by atoms with Crippen LogP contribution in [0.15, 0.2) is 0 Å². The summed E-state index contributed by atoms with van der Waals surface area (Å²) in [5.41, 5.74) is 0. The summed E-state index contributed by atoms with van der Waals surface area (Å²) in [7, 11) is 0. The van der Waals surface area contributed by atoms with Crippen LogP contribution in [0.1, 0.15) is 33.1 Å². The first-order chi connectivity index (χ1) is 8.19. The van der Waals surface area contributed by atoms with Crippen molar-refractivity contribution in [3.8, 4) is 0 Å². The molecule has 0 radical (unpaired) electrons. The smallest absolute Gasteiger partial charge is 0.239 e. The minimum absolute atomic E-state index is 0.0193. The van der Waals surface area contributed by atoms with Gasteiger partial charge in [-0.25, -0.2) is 0 Å². The molecule has 1 rings (SSSR count). The lowest BCUT2D eigenvalue weighted by atomic mass is 10.0. The molecule has 98 valence electrons. The molecule has 1 heterocycles. The second-order valence-corrected chi connectivity index (χ2v) is 4.28. The Labute approximate surface area is 103 Å². The van der Waals surface area contributed by atoms with E-state index in [4.69, 9.17) is 0 Å². The Bertz CT molecular complexity index is 266. The van der Waals surface area contributed by atoms with E-state index in [2.05, 4.69) is 10.6 Å². The van der Waals surface area contributed by atoms with Crippen molar-refractivity contribution >= 4 is 11.8 Å². The molecule has 2 amide bonds. The van der Waals surface area contributed by atoms with Gasteiger partial charge in [0.05, 0.1) is 6.04 Å². The molecule has 0 aromatic rings. The van der Waals surface area contributed by atoms with E-state index in [1.54, 1.807) is 4.90 Å². The number of likely N-dealkylation sites (tertiary alicyclic amines) is 1. The maximum atomic E-state index is 12.0. The summed E-state index contributed by atoms with van der Waals surface area (Å²) in [4.78, 5) is 25.2. The van der Waals surface area contributed by atoms with Crippen molar-refractivity contribution in [1.29, 1.82) is 0 Å². The van der Waals surface area contributed by atoms with Gasteiger partial charge in [0.15, 0.2) is 0 Å². The summed E-state index contributed by atoms with van der Waals surface area (Å²) in [5, 5.41) is 5.93. The number of hydrogen-bond acceptors (Lipinski definition) is 3. The number of amides is 2. The Hall–Kier alpha value is -1.10. The van der Waals surface area contributed by atoms with Crippen molar-refractivity contribution in [2.24, 2.45) is 0 Å². The molecule has 5 heteroatoms. The monoisotopic (exact) mass is 241 g/mol. The standard InChI is InChI=1S/C12H23N3O2/c1-3-13-10-6-5-8-15(12(10)17)9-7-11(16)14-4-2/h10,13H,3-9H2,1-2H3,(H,14,16). The third-order valence-electron chi connectivity index (χ3n) is 2.96. The van der Waals surface area contributed by atoms with E-state index in [1.807, 2.05) is 13.8 Å². The molecule has 1 fully saturated rings. The Kier molecular flexibility index (Phi) is 5.97. The SMILES string of the molecule is CCNC(=O)CCN1CCCC(NCC)C1=O. The first-order valence-corrected chi connectivity index (χ1v) is 6.47. The van der Waals surface area contributed by atoms with Crippen LogP contribution >= 0.6 is 0 Å². The maximum Gasteiger partial charge on any atom is 0.239 e. The first kappa shape index (κ1) is 14.0. The third-order valence-corrected chi connectivity index (χ3v) is 2.96. The fourth-order valence-electron chi connectivity index (χ4n) is 2.12. The molecule has 1 atom stereocenters. The molecule has 1 saturated heterocycles. The van der Waals surface area contributed by atoms with Crippen LogP contribution in [0.4, 0.5) is 0 Å². The fourth-order valence-corrected chi connectivity index (χ4v) is 2.12. The van der Waals surface area contributed by atoms with Gasteiger partial charge in [0.2, 0.25) is 11.8 Å². The fraction of sp³-hybridized carbons (Fsp3) is 0.833. The number of hydrogen-bond donors (Lipinski definition) is 2. The number of rotatable bonds is 6. The Balaban J connectivity index is 2.37. The quantitative estimate of drug-likeness (QED) is 0.694. The van der Waals surface area contributed by atoms with Gasteiger partial charge >= 0.3 is 0 Å². The second kappa shape index (κ2) is 7.27. The molecule has 0 bridgehead atoms. The van der Waals surface area contributed by atoms with Crippen LogP contribution in [-0.4, -0.2) is 48.9 Å². The highest BCUT2D eigenvalue weighted by Crippen LogP contribution is 2.11. The number of nitrogens with zero attached hydrogens (tertiary/aromatic N) is 1. The van der Waals surface area contributed by atoms with Crippen LogP contribution in [0.3, 0.4) is 0 Å². The number of carbonyl (C=O) groups excluding carboxylic acids is 2. The molecule has 0 aromatic heterocycles. The van der Waals surface area contributed by atoms with Crippen molar-refractivity contribution < 1.29 is 9.59 Å². The second-order valence-electron chi connectivity index (χ2n) is 4.28. The first-order valence-electron chi connectivity index (χ1n) is 6.47. The van der Waals surface area contributed by atoms with Gasteiger partial charge in [0.25, 0.3) is 0 Å². The molecule has 0 saturated carbocycles. The summed E-state index contributed by atoms with van der Waals surface area (Å²) in [6.07, 6.45) is 2.32. The van der Waals surface area contributed by atoms with Gasteiger partial charge in [-0.2, -0.15) is 0 Å². The predicted octanol–water partition coefficient (Wildman–Crippen LogP) is 0.113. The van der Waals surface area contributed by atoms with Crippen molar-refractivity contribution in [2.45, 2.75) is 39.2 Å². The number of likely N-dealkylation sites (N-methyl/N-ethyl adjacent to an activating group) is 1. The summed E-state index contributed by atoms with van der Waals surface area (Å²) >= 11 is 0. The summed E-state index contributed by atoms with van der Waals surface area (Å²) in [5.74, 6) is 0.160. The van der Waals surface area contributed by atoms with Crippen LogP contribution in [-0.2, 0) is 9.59 Å². The Morgan fingerprint density at radius 2 is 2.18 bits per heavy atom. The van der Waals surface area contributed by atoms with E-state index in [1.165, 1.54) is 0 Å². The molecule has 17 heavy (non-hydrogen) atoms. The lowest BCUT2D eigenvalue weighted by Crippen LogP contribution is -2.51. The van der Waals surface area contributed by atoms with Gasteiger partial charge in [-0.1, -0.05) is 6.92 Å². The molecule has 1 aliphatic rings. The minimum Gasteiger partial charge on any atom is -0.356 e. The highest BCUT2D eigenvalue weighted by Gasteiger charge is 2.27. The van der Waals surface area contributed by atoms with E-state index in [9.17, 15) is 9.59 Å². The zero-order valence-electron chi connectivity index (χ0n) is 10.8. The zero-order valence-corrected chi connectivity index (χ0v) is 10.8. The molecule has 5 nitrogen and oxygen atoms in total. The molecule has 1 aliphatic heterocycles. The Morgan fingerprint density at radius 1 is 1.41 bits per heavy atom. The van der Waals surface area contributed by atoms with Crippen LogP contribution in [0.2, 0.25) is 0 Å². The van der Waals surface area contributed by atoms with Crippen molar-refractivity contribution in [3.05, 3.63) is 0 Å². The van der Waals surface area contributed by atoms with Crippen LogP contribution in [0.5, 0.6) is 0 Å². The minimum atomic E-state index is -0.0528. The molecule has 2 N–H and O–H groups in total. The normalized spacial score (nSPS) is 20.5. The molecular weight excluding hydrogens is 218 g/mol. The van der Waals surface area contributed by atoms with E-state index in [-0.39, 0.29) is 17.9 Å². The maximum absolute atomic E-state index is 12.0. The molecule has 1 unspecified atom stereocenters. The number of piperidine rings is 1. The van der Waals surface area contributed by atoms with Gasteiger partial charge in [-0.3, -0.25) is 9.59 Å². The predicted molar refractivity (Wildman–Crippen MR) is 66.6 cm³/mol. The number of carbonyl (C=O) groups is 2. The van der Waals surface area contributed by atoms with Crippen LogP contribution in [0.25, 0.3) is 0 Å². The van der Waals surface area contributed by atoms with Crippen LogP contribution in [0, 0.1) is 0 Å². The van der Waals surface area contributed by atoms with Crippen molar-refractivity contribution in [2.75, 3.05) is 26.2 Å². The largest absolute Gasteiger partial charge is 0.356 e. The lowest BCUT2D eigenvalue weighted by molar-refractivity contribution is -0.136. The van der Waals surface area contributed by atoms with Crippen LogP contribution < -0.4 is 10.6 Å². The molecule has 0 aliphatic carbocycles. The van der Waals surface area contributed by atoms with Gasteiger partial charge in [0.1, 0.15) is 0 Å². The summed E-state index contributed by atoms with van der Waals surface area (Å²) < 4.78 is 0. The van der Waals surface area contributed by atoms with Gasteiger partial charge in [-0.05, 0) is 26.3 Å². The van der Waals surface area contributed by atoms with E-state index in [0.717, 1.165) is 25.9 Å². The number of nitrogens with one attached hydrogen (secondary N) is 2. The summed E-state index contributed by atoms with van der Waals surface area (Å²) in [6, 6.07) is -0.0528. The Morgan fingerprint density at radius 3 is 2.82 bits per heavy atom. The van der Waals surface area contributed by atoms with E-state index >= 15 is 0 Å². The van der Waals surface area contributed by atoms with Gasteiger partial charge < -0.3 is 15.5 Å². The zero-order chi connectivity index (χ0) is 12.7.